The number of nitrogens with one attached hydrogen (secondary N) is 1. The molecule has 1 heterocycles. The van der Waals surface area contributed by atoms with Gasteiger partial charge >= 0.3 is 0 Å². The topological polar surface area (TPSA) is 78.3 Å². The number of rotatable bonds is 8. The quantitative estimate of drug-likeness (QED) is 0.617. The van der Waals surface area contributed by atoms with E-state index in [4.69, 9.17) is 9.47 Å². The third-order valence-electron chi connectivity index (χ3n) is 4.19. The molecule has 0 aliphatic rings. The Hall–Kier alpha value is -3.35. The monoisotopic (exact) mass is 366 g/mol. The number of nitrogens with zero attached hydrogens (tertiary/aromatic N) is 3. The van der Waals surface area contributed by atoms with Crippen molar-refractivity contribution in [2.45, 2.75) is 13.3 Å². The summed E-state index contributed by atoms with van der Waals surface area (Å²) >= 11 is 0. The van der Waals surface area contributed by atoms with Gasteiger partial charge in [0.15, 0.2) is 17.3 Å². The first-order valence-corrected chi connectivity index (χ1v) is 8.60. The highest BCUT2D eigenvalue weighted by atomic mass is 16.5. The molecule has 0 fully saturated rings. The average molecular weight is 366 g/mol. The Kier molecular flexibility index (Phi) is 5.71. The zero-order valence-corrected chi connectivity index (χ0v) is 15.6. The van der Waals surface area contributed by atoms with Gasteiger partial charge in [-0.1, -0.05) is 17.3 Å². The zero-order chi connectivity index (χ0) is 19.2. The molecule has 1 aromatic heterocycles. The van der Waals surface area contributed by atoms with Crippen LogP contribution in [0.25, 0.3) is 5.69 Å². The minimum atomic E-state index is -0.137. The van der Waals surface area contributed by atoms with Gasteiger partial charge in [-0.3, -0.25) is 4.79 Å². The van der Waals surface area contributed by atoms with E-state index in [1.54, 1.807) is 18.9 Å². The minimum Gasteiger partial charge on any atom is -0.497 e. The third kappa shape index (κ3) is 4.25. The van der Waals surface area contributed by atoms with Crippen molar-refractivity contribution < 1.29 is 14.3 Å². The fourth-order valence-electron chi connectivity index (χ4n) is 2.70. The average Bonchev–Trinajstić information content (AvgIpc) is 3.13. The van der Waals surface area contributed by atoms with Crippen LogP contribution in [0.5, 0.6) is 11.5 Å². The summed E-state index contributed by atoms with van der Waals surface area (Å²) < 4.78 is 12.0. The van der Waals surface area contributed by atoms with Crippen LogP contribution in [0.1, 0.15) is 23.0 Å². The minimum absolute atomic E-state index is 0.137. The molecule has 0 spiro atoms. The molecular formula is C20H22N4O3. The fourth-order valence-corrected chi connectivity index (χ4v) is 2.70. The number of carbonyl (C=O) groups excluding carboxylic acids is 1. The number of methoxy groups -OCH3 is 2. The van der Waals surface area contributed by atoms with Crippen molar-refractivity contribution in [3.8, 4) is 17.2 Å². The van der Waals surface area contributed by atoms with E-state index in [0.717, 1.165) is 29.2 Å². The lowest BCUT2D eigenvalue weighted by Gasteiger charge is -2.11. The molecule has 7 heteroatoms. The summed E-state index contributed by atoms with van der Waals surface area (Å²) in [6.07, 6.45) is 0.787. The van der Waals surface area contributed by atoms with E-state index < -0.39 is 0 Å². The van der Waals surface area contributed by atoms with Crippen LogP contribution in [0.3, 0.4) is 0 Å². The first-order chi connectivity index (χ1) is 13.1. The van der Waals surface area contributed by atoms with Gasteiger partial charge in [-0.25, -0.2) is 0 Å². The van der Waals surface area contributed by atoms with Crippen LogP contribution in [0.15, 0.2) is 48.5 Å². The molecule has 7 nitrogen and oxygen atoms in total. The maximum atomic E-state index is 11.9. The molecule has 2 aromatic carbocycles. The summed E-state index contributed by atoms with van der Waals surface area (Å²) in [7, 11) is 3.26. The summed E-state index contributed by atoms with van der Waals surface area (Å²) in [5.74, 6) is 2.02. The number of aromatic nitrogens is 3. The van der Waals surface area contributed by atoms with Crippen molar-refractivity contribution in [1.82, 2.24) is 15.0 Å². The van der Waals surface area contributed by atoms with E-state index in [9.17, 15) is 4.79 Å². The Morgan fingerprint density at radius 2 is 1.59 bits per heavy atom. The van der Waals surface area contributed by atoms with Crippen molar-refractivity contribution in [3.63, 3.8) is 0 Å². The maximum Gasteiger partial charge on any atom is 0.183 e. The predicted molar refractivity (Wildman–Crippen MR) is 103 cm³/mol. The normalized spacial score (nSPS) is 10.5. The van der Waals surface area contributed by atoms with Crippen LogP contribution >= 0.6 is 0 Å². The molecule has 0 saturated carbocycles. The number of benzene rings is 2. The Morgan fingerprint density at radius 1 is 1.00 bits per heavy atom. The van der Waals surface area contributed by atoms with Crippen LogP contribution in [-0.4, -0.2) is 41.5 Å². The summed E-state index contributed by atoms with van der Waals surface area (Å²) in [5, 5.41) is 11.5. The number of hydrogen-bond acceptors (Lipinski definition) is 6. The molecular weight excluding hydrogens is 344 g/mol. The molecule has 27 heavy (non-hydrogen) atoms. The summed E-state index contributed by atoms with van der Waals surface area (Å²) in [6.45, 7) is 2.12. The number of ether oxygens (including phenoxy) is 2. The van der Waals surface area contributed by atoms with Crippen molar-refractivity contribution in [3.05, 3.63) is 59.8 Å². The maximum absolute atomic E-state index is 11.9. The Balaban J connectivity index is 1.77. The van der Waals surface area contributed by atoms with E-state index in [2.05, 4.69) is 15.6 Å². The zero-order valence-electron chi connectivity index (χ0n) is 15.6. The van der Waals surface area contributed by atoms with Gasteiger partial charge in [-0.15, -0.1) is 5.10 Å². The lowest BCUT2D eigenvalue weighted by Crippen LogP contribution is -2.12. The van der Waals surface area contributed by atoms with E-state index in [1.165, 1.54) is 6.92 Å². The van der Waals surface area contributed by atoms with Crippen LogP contribution in [0.2, 0.25) is 0 Å². The predicted octanol–water partition coefficient (Wildman–Crippen LogP) is 3.14. The number of Topliss-reactive ketones (excluding diaryl/α,β-unsaturated/α-hetero) is 1. The SMILES string of the molecule is COc1ccc(CCNc2c(C(C)=O)nnn2-c2ccc(OC)cc2)cc1. The second-order valence-corrected chi connectivity index (χ2v) is 5.98. The van der Waals surface area contributed by atoms with Gasteiger partial charge in [0.1, 0.15) is 11.5 Å². The smallest absolute Gasteiger partial charge is 0.183 e. The molecule has 3 aromatic rings. The standard InChI is InChI=1S/C20H22N4O3/c1-14(25)19-20(21-13-12-15-4-8-17(26-2)9-5-15)24(23-22-19)16-6-10-18(27-3)11-7-16/h4-11,21H,12-13H2,1-3H3. The second-order valence-electron chi connectivity index (χ2n) is 5.98. The molecule has 3 rings (SSSR count). The molecule has 140 valence electrons. The Bertz CT molecular complexity index is 902. The van der Waals surface area contributed by atoms with Crippen molar-refractivity contribution >= 4 is 11.6 Å². The van der Waals surface area contributed by atoms with Crippen molar-refractivity contribution in [2.24, 2.45) is 0 Å². The largest absolute Gasteiger partial charge is 0.497 e. The van der Waals surface area contributed by atoms with E-state index in [-0.39, 0.29) is 5.78 Å². The van der Waals surface area contributed by atoms with Crippen LogP contribution in [0.4, 0.5) is 5.82 Å². The highest BCUT2D eigenvalue weighted by Gasteiger charge is 2.17. The molecule has 0 unspecified atom stereocenters. The lowest BCUT2D eigenvalue weighted by atomic mass is 10.1. The highest BCUT2D eigenvalue weighted by molar-refractivity contribution is 5.96. The number of anilines is 1. The fraction of sp³-hybridized carbons (Fsp3) is 0.250. The van der Waals surface area contributed by atoms with Gasteiger partial charge in [0.25, 0.3) is 0 Å². The molecule has 0 aliphatic heterocycles. The molecule has 0 radical (unpaired) electrons. The Labute approximate surface area is 157 Å². The summed E-state index contributed by atoms with van der Waals surface area (Å²) in [4.78, 5) is 11.9. The van der Waals surface area contributed by atoms with Gasteiger partial charge < -0.3 is 14.8 Å². The number of ketones is 1. The van der Waals surface area contributed by atoms with Gasteiger partial charge in [-0.2, -0.15) is 4.68 Å². The first kappa shape index (κ1) is 18.4. The molecule has 0 bridgehead atoms. The molecule has 0 saturated heterocycles. The van der Waals surface area contributed by atoms with Gasteiger partial charge in [-0.05, 0) is 48.4 Å². The Morgan fingerprint density at radius 3 is 2.15 bits per heavy atom. The molecule has 0 amide bonds. The highest BCUT2D eigenvalue weighted by Crippen LogP contribution is 2.21. The third-order valence-corrected chi connectivity index (χ3v) is 4.19. The van der Waals surface area contributed by atoms with Crippen LogP contribution in [-0.2, 0) is 6.42 Å². The molecule has 0 atom stereocenters. The van der Waals surface area contributed by atoms with Gasteiger partial charge in [0.05, 0.1) is 19.9 Å². The van der Waals surface area contributed by atoms with E-state index in [1.807, 2.05) is 48.5 Å². The molecule has 1 N–H and O–H groups in total. The van der Waals surface area contributed by atoms with E-state index in [0.29, 0.717) is 18.1 Å². The summed E-state index contributed by atoms with van der Waals surface area (Å²) in [6, 6.07) is 15.3. The van der Waals surface area contributed by atoms with Gasteiger partial charge in [0.2, 0.25) is 0 Å². The number of carbonyl (C=O) groups is 1. The molecule has 0 aliphatic carbocycles. The van der Waals surface area contributed by atoms with E-state index >= 15 is 0 Å². The number of hydrogen-bond donors (Lipinski definition) is 1. The second kappa shape index (κ2) is 8.35. The van der Waals surface area contributed by atoms with Crippen molar-refractivity contribution in [2.75, 3.05) is 26.1 Å². The van der Waals surface area contributed by atoms with Crippen LogP contribution in [0, 0.1) is 0 Å². The van der Waals surface area contributed by atoms with Crippen molar-refractivity contribution in [1.29, 1.82) is 0 Å². The van der Waals surface area contributed by atoms with Gasteiger partial charge in [0, 0.05) is 13.5 Å². The van der Waals surface area contributed by atoms with Crippen LogP contribution < -0.4 is 14.8 Å². The first-order valence-electron chi connectivity index (χ1n) is 8.60. The lowest BCUT2D eigenvalue weighted by molar-refractivity contribution is 0.101. The summed E-state index contributed by atoms with van der Waals surface area (Å²) in [5.41, 5.74) is 2.28.